The minimum absolute atomic E-state index is 0.402. The first kappa shape index (κ1) is 18.9. The molecule has 0 heterocycles. The van der Waals surface area contributed by atoms with Crippen molar-refractivity contribution in [3.63, 3.8) is 0 Å². The minimum atomic E-state index is -2.21. The van der Waals surface area contributed by atoms with Crippen molar-refractivity contribution < 1.29 is 22.0 Å². The molecular formula is C17H16F5N3. The number of hydrazone groups is 1. The van der Waals surface area contributed by atoms with Gasteiger partial charge in [-0.1, -0.05) is 30.3 Å². The first-order chi connectivity index (χ1) is 11.8. The zero-order chi connectivity index (χ0) is 18.6. The number of anilines is 1. The third-order valence-corrected chi connectivity index (χ3v) is 3.42. The Labute approximate surface area is 141 Å². The predicted octanol–water partition coefficient (Wildman–Crippen LogP) is 4.15. The van der Waals surface area contributed by atoms with E-state index in [1.807, 2.05) is 24.4 Å². The first-order valence-electron chi connectivity index (χ1n) is 7.37. The lowest BCUT2D eigenvalue weighted by atomic mass is 10.1. The molecule has 0 saturated carbocycles. The van der Waals surface area contributed by atoms with Gasteiger partial charge in [0.05, 0.1) is 5.71 Å². The summed E-state index contributed by atoms with van der Waals surface area (Å²) in [6.07, 6.45) is 0.402. The molecule has 2 aromatic rings. The van der Waals surface area contributed by atoms with Gasteiger partial charge in [0.1, 0.15) is 5.69 Å². The van der Waals surface area contributed by atoms with Crippen LogP contribution >= 0.6 is 0 Å². The van der Waals surface area contributed by atoms with Crippen molar-refractivity contribution in [3.8, 4) is 0 Å². The molecule has 0 aromatic heterocycles. The normalized spacial score (nSPS) is 11.9. The molecule has 2 rings (SSSR count). The van der Waals surface area contributed by atoms with E-state index in [1.165, 1.54) is 0 Å². The summed E-state index contributed by atoms with van der Waals surface area (Å²) in [5, 5.41) is 3.87. The van der Waals surface area contributed by atoms with Crippen LogP contribution in [0.4, 0.5) is 27.6 Å². The standard InChI is InChI=1S/C17H16F5N3/c1-25(2)9-8-11(10-6-4-3-5-7-10)23-24-17-15(21)13(19)12(18)14(20)16(17)22/h3-7,24H,8-9H2,1-2H3/b23-11+. The quantitative estimate of drug-likeness (QED) is 0.277. The molecule has 1 N–H and O–H groups in total. The third kappa shape index (κ3) is 4.33. The molecule has 134 valence electrons. The minimum Gasteiger partial charge on any atom is -0.309 e. The van der Waals surface area contributed by atoms with Crippen LogP contribution in [0.2, 0.25) is 0 Å². The van der Waals surface area contributed by atoms with Crippen LogP contribution < -0.4 is 5.43 Å². The summed E-state index contributed by atoms with van der Waals surface area (Å²) in [4.78, 5) is 1.87. The van der Waals surface area contributed by atoms with Crippen molar-refractivity contribution in [2.45, 2.75) is 6.42 Å². The summed E-state index contributed by atoms with van der Waals surface area (Å²) < 4.78 is 67.0. The Bertz CT molecular complexity index is 747. The fraction of sp³-hybridized carbons (Fsp3) is 0.235. The van der Waals surface area contributed by atoms with Crippen molar-refractivity contribution in [1.82, 2.24) is 4.90 Å². The van der Waals surface area contributed by atoms with Gasteiger partial charge in [0.25, 0.3) is 0 Å². The van der Waals surface area contributed by atoms with Crippen molar-refractivity contribution in [2.75, 3.05) is 26.1 Å². The fourth-order valence-corrected chi connectivity index (χ4v) is 2.05. The first-order valence-corrected chi connectivity index (χ1v) is 7.37. The SMILES string of the molecule is CN(C)CC/C(=N\Nc1c(F)c(F)c(F)c(F)c1F)c1ccccc1. The average molecular weight is 357 g/mol. The Hall–Kier alpha value is -2.48. The van der Waals surface area contributed by atoms with Gasteiger partial charge in [-0.05, 0) is 19.7 Å². The van der Waals surface area contributed by atoms with E-state index in [4.69, 9.17) is 0 Å². The molecule has 3 nitrogen and oxygen atoms in total. The van der Waals surface area contributed by atoms with E-state index in [9.17, 15) is 22.0 Å². The van der Waals surface area contributed by atoms with Gasteiger partial charge >= 0.3 is 0 Å². The number of hydrogen-bond donors (Lipinski definition) is 1. The summed E-state index contributed by atoms with van der Waals surface area (Å²) in [6.45, 7) is 0.576. The van der Waals surface area contributed by atoms with Crippen molar-refractivity contribution >= 4 is 11.4 Å². The number of nitrogens with one attached hydrogen (secondary N) is 1. The highest BCUT2D eigenvalue weighted by Crippen LogP contribution is 2.27. The number of halogens is 5. The number of rotatable bonds is 6. The van der Waals surface area contributed by atoms with Gasteiger partial charge in [0, 0.05) is 13.0 Å². The fourth-order valence-electron chi connectivity index (χ4n) is 2.05. The molecule has 2 aromatic carbocycles. The van der Waals surface area contributed by atoms with E-state index in [-0.39, 0.29) is 0 Å². The molecule has 0 fully saturated rings. The summed E-state index contributed by atoms with van der Waals surface area (Å²) in [5.74, 6) is -10.2. The molecule has 0 aliphatic heterocycles. The van der Waals surface area contributed by atoms with E-state index in [0.717, 1.165) is 0 Å². The van der Waals surface area contributed by atoms with Crippen molar-refractivity contribution in [2.24, 2.45) is 5.10 Å². The van der Waals surface area contributed by atoms with Crippen LogP contribution in [0.1, 0.15) is 12.0 Å². The monoisotopic (exact) mass is 357 g/mol. The summed E-state index contributed by atoms with van der Waals surface area (Å²) in [7, 11) is 3.67. The number of nitrogens with zero attached hydrogens (tertiary/aromatic N) is 2. The van der Waals surface area contributed by atoms with Crippen molar-refractivity contribution in [1.29, 1.82) is 0 Å². The zero-order valence-electron chi connectivity index (χ0n) is 13.6. The molecule has 0 saturated heterocycles. The Morgan fingerprint density at radius 3 is 1.92 bits per heavy atom. The second-order valence-corrected chi connectivity index (χ2v) is 5.53. The van der Waals surface area contributed by atoms with Crippen LogP contribution in [0.5, 0.6) is 0 Å². The second kappa shape index (κ2) is 8.06. The smallest absolute Gasteiger partial charge is 0.200 e. The van der Waals surface area contributed by atoms with Crippen LogP contribution in [-0.2, 0) is 0 Å². The summed E-state index contributed by atoms with van der Waals surface area (Å²) in [5.41, 5.74) is 1.88. The van der Waals surface area contributed by atoms with Crippen molar-refractivity contribution in [3.05, 3.63) is 65.0 Å². The maximum absolute atomic E-state index is 13.7. The van der Waals surface area contributed by atoms with E-state index in [2.05, 4.69) is 5.10 Å². The summed E-state index contributed by atoms with van der Waals surface area (Å²) >= 11 is 0. The lowest BCUT2D eigenvalue weighted by Gasteiger charge is -2.13. The van der Waals surface area contributed by atoms with Crippen LogP contribution in [0, 0.1) is 29.1 Å². The number of benzene rings is 2. The lowest BCUT2D eigenvalue weighted by molar-refractivity contribution is 0.381. The molecule has 0 atom stereocenters. The molecule has 0 aliphatic rings. The Morgan fingerprint density at radius 1 is 0.880 bits per heavy atom. The predicted molar refractivity (Wildman–Crippen MR) is 86.0 cm³/mol. The van der Waals surface area contributed by atoms with Gasteiger partial charge in [-0.2, -0.15) is 5.10 Å². The lowest BCUT2D eigenvalue weighted by Crippen LogP contribution is -2.18. The topological polar surface area (TPSA) is 27.6 Å². The number of hydrogen-bond acceptors (Lipinski definition) is 3. The van der Waals surface area contributed by atoms with E-state index < -0.39 is 34.8 Å². The van der Waals surface area contributed by atoms with Gasteiger partial charge in [-0.15, -0.1) is 0 Å². The Morgan fingerprint density at radius 2 is 1.40 bits per heavy atom. The molecule has 0 spiro atoms. The Kier molecular flexibility index (Phi) is 6.08. The van der Waals surface area contributed by atoms with Gasteiger partial charge in [0.2, 0.25) is 5.82 Å². The molecule has 0 bridgehead atoms. The highest BCUT2D eigenvalue weighted by molar-refractivity contribution is 6.01. The van der Waals surface area contributed by atoms with Crippen LogP contribution in [0.15, 0.2) is 35.4 Å². The van der Waals surface area contributed by atoms with Gasteiger partial charge in [0.15, 0.2) is 23.3 Å². The third-order valence-electron chi connectivity index (χ3n) is 3.42. The highest BCUT2D eigenvalue weighted by Gasteiger charge is 2.25. The highest BCUT2D eigenvalue weighted by atomic mass is 19.2. The average Bonchev–Trinajstić information content (AvgIpc) is 2.61. The van der Waals surface area contributed by atoms with Gasteiger partial charge in [-0.25, -0.2) is 22.0 Å². The van der Waals surface area contributed by atoms with Gasteiger partial charge in [-0.3, -0.25) is 5.43 Å². The molecule has 8 heteroatoms. The Balaban J connectivity index is 2.39. The summed E-state index contributed by atoms with van der Waals surface area (Å²) in [6, 6.07) is 8.74. The molecular weight excluding hydrogens is 341 g/mol. The van der Waals surface area contributed by atoms with E-state index in [0.29, 0.717) is 24.2 Å². The molecule has 0 radical (unpaired) electrons. The van der Waals surface area contributed by atoms with Gasteiger partial charge < -0.3 is 4.90 Å². The molecule has 0 amide bonds. The maximum Gasteiger partial charge on any atom is 0.200 e. The van der Waals surface area contributed by atoms with Crippen LogP contribution in [0.3, 0.4) is 0 Å². The molecule has 0 aliphatic carbocycles. The van der Waals surface area contributed by atoms with E-state index in [1.54, 1.807) is 30.3 Å². The molecule has 25 heavy (non-hydrogen) atoms. The zero-order valence-corrected chi connectivity index (χ0v) is 13.6. The van der Waals surface area contributed by atoms with Crippen LogP contribution in [-0.4, -0.2) is 31.3 Å². The largest absolute Gasteiger partial charge is 0.309 e. The van der Waals surface area contributed by atoms with Crippen LogP contribution in [0.25, 0.3) is 0 Å². The molecule has 0 unspecified atom stereocenters. The maximum atomic E-state index is 13.7. The van der Waals surface area contributed by atoms with E-state index >= 15 is 0 Å². The second-order valence-electron chi connectivity index (χ2n) is 5.53.